The van der Waals surface area contributed by atoms with Crippen LogP contribution in [0.2, 0.25) is 0 Å². The molecule has 5 heteroatoms. The summed E-state index contributed by atoms with van der Waals surface area (Å²) in [6, 6.07) is 3.69. The van der Waals surface area contributed by atoms with Crippen molar-refractivity contribution in [2.45, 2.75) is 18.8 Å². The Morgan fingerprint density at radius 3 is 2.82 bits per heavy atom. The van der Waals surface area contributed by atoms with Crippen LogP contribution in [-0.4, -0.2) is 24.6 Å². The highest BCUT2D eigenvalue weighted by atomic mass is 32.1. The van der Waals surface area contributed by atoms with E-state index in [-0.39, 0.29) is 30.3 Å². The van der Waals surface area contributed by atoms with Gasteiger partial charge in [0.1, 0.15) is 11.7 Å². The minimum atomic E-state index is -0.823. The number of hydrogen-bond donors (Lipinski definition) is 0. The number of rotatable bonds is 2. The van der Waals surface area contributed by atoms with Crippen LogP contribution in [0.15, 0.2) is 17.5 Å². The van der Waals surface area contributed by atoms with Crippen molar-refractivity contribution in [3.05, 3.63) is 22.4 Å². The fourth-order valence-electron chi connectivity index (χ4n) is 2.15. The molecular formula is C12H12O4S. The molecule has 0 radical (unpaired) electrons. The number of ketones is 2. The summed E-state index contributed by atoms with van der Waals surface area (Å²) in [7, 11) is 1.26. The first-order chi connectivity index (χ1) is 8.13. The Hall–Kier alpha value is -1.49. The molecule has 1 aromatic rings. The van der Waals surface area contributed by atoms with Crippen LogP contribution >= 0.6 is 11.3 Å². The Balaban J connectivity index is 2.34. The monoisotopic (exact) mass is 252 g/mol. The first kappa shape index (κ1) is 12.0. The Labute approximate surface area is 103 Å². The maximum absolute atomic E-state index is 11.8. The van der Waals surface area contributed by atoms with Gasteiger partial charge in [0.15, 0.2) is 5.78 Å². The molecule has 0 saturated heterocycles. The third kappa shape index (κ3) is 2.29. The summed E-state index contributed by atoms with van der Waals surface area (Å²) in [6.45, 7) is 0. The number of hydrogen-bond acceptors (Lipinski definition) is 5. The van der Waals surface area contributed by atoms with E-state index in [4.69, 9.17) is 0 Å². The molecule has 0 spiro atoms. The number of carbonyl (C=O) groups excluding carboxylic acids is 3. The lowest BCUT2D eigenvalue weighted by molar-refractivity contribution is -0.152. The Morgan fingerprint density at radius 1 is 1.47 bits per heavy atom. The van der Waals surface area contributed by atoms with Crippen molar-refractivity contribution in [3.8, 4) is 0 Å². The van der Waals surface area contributed by atoms with Crippen LogP contribution in [0, 0.1) is 5.92 Å². The van der Waals surface area contributed by atoms with Gasteiger partial charge in [-0.05, 0) is 11.4 Å². The van der Waals surface area contributed by atoms with Gasteiger partial charge in [0.05, 0.1) is 13.5 Å². The molecule has 17 heavy (non-hydrogen) atoms. The molecule has 1 aliphatic rings. The van der Waals surface area contributed by atoms with Crippen molar-refractivity contribution in [1.29, 1.82) is 0 Å². The van der Waals surface area contributed by atoms with Gasteiger partial charge in [0.25, 0.3) is 0 Å². The second-order valence-electron chi connectivity index (χ2n) is 4.01. The fourth-order valence-corrected chi connectivity index (χ4v) is 3.02. The quantitative estimate of drug-likeness (QED) is 0.592. The molecule has 0 N–H and O–H groups in total. The molecule has 4 nitrogen and oxygen atoms in total. The molecule has 1 heterocycles. The Bertz CT molecular complexity index is 449. The van der Waals surface area contributed by atoms with Gasteiger partial charge < -0.3 is 4.74 Å². The standard InChI is InChI=1S/C12H12O4S/c1-16-12(15)11-8(10-3-2-4-17-10)5-7(13)6-9(11)14/h2-4,8,11H,5-6H2,1H3/t8-,11-/m0/s1. The molecular weight excluding hydrogens is 240 g/mol. The summed E-state index contributed by atoms with van der Waals surface area (Å²) in [5, 5.41) is 1.87. The highest BCUT2D eigenvalue weighted by Crippen LogP contribution is 2.37. The Kier molecular flexibility index (Phi) is 3.38. The van der Waals surface area contributed by atoms with Gasteiger partial charge in [-0.15, -0.1) is 11.3 Å². The highest BCUT2D eigenvalue weighted by Gasteiger charge is 2.42. The topological polar surface area (TPSA) is 60.4 Å². The molecule has 0 unspecified atom stereocenters. The molecule has 1 aliphatic carbocycles. The lowest BCUT2D eigenvalue weighted by atomic mass is 9.77. The van der Waals surface area contributed by atoms with E-state index in [0.717, 1.165) is 4.88 Å². The summed E-state index contributed by atoms with van der Waals surface area (Å²) in [4.78, 5) is 35.8. The van der Waals surface area contributed by atoms with E-state index in [2.05, 4.69) is 4.74 Å². The first-order valence-electron chi connectivity index (χ1n) is 5.29. The fraction of sp³-hybridized carbons (Fsp3) is 0.417. The van der Waals surface area contributed by atoms with Crippen molar-refractivity contribution in [2.24, 2.45) is 5.92 Å². The number of esters is 1. The molecule has 0 bridgehead atoms. The molecule has 2 atom stereocenters. The van der Waals surface area contributed by atoms with E-state index < -0.39 is 11.9 Å². The number of Topliss-reactive ketones (excluding diaryl/α,β-unsaturated/α-hetero) is 2. The van der Waals surface area contributed by atoms with Crippen LogP contribution in [0.25, 0.3) is 0 Å². The summed E-state index contributed by atoms with van der Waals surface area (Å²) >= 11 is 1.45. The van der Waals surface area contributed by atoms with Crippen molar-refractivity contribution >= 4 is 28.9 Å². The minimum Gasteiger partial charge on any atom is -0.468 e. The first-order valence-corrected chi connectivity index (χ1v) is 6.17. The zero-order valence-electron chi connectivity index (χ0n) is 9.34. The van der Waals surface area contributed by atoms with Crippen LogP contribution < -0.4 is 0 Å². The number of ether oxygens (including phenoxy) is 1. The summed E-state index contributed by atoms with van der Waals surface area (Å²) < 4.78 is 4.66. The summed E-state index contributed by atoms with van der Waals surface area (Å²) in [6.07, 6.45) is 0.0909. The lowest BCUT2D eigenvalue weighted by Gasteiger charge is -2.26. The highest BCUT2D eigenvalue weighted by molar-refractivity contribution is 7.10. The van der Waals surface area contributed by atoms with Gasteiger partial charge in [-0.2, -0.15) is 0 Å². The van der Waals surface area contributed by atoms with Crippen molar-refractivity contribution in [1.82, 2.24) is 0 Å². The van der Waals surface area contributed by atoms with E-state index in [1.165, 1.54) is 18.4 Å². The van der Waals surface area contributed by atoms with Crippen molar-refractivity contribution < 1.29 is 19.1 Å². The largest absolute Gasteiger partial charge is 0.468 e. The van der Waals surface area contributed by atoms with E-state index in [9.17, 15) is 14.4 Å². The van der Waals surface area contributed by atoms with Crippen LogP contribution in [0.1, 0.15) is 23.6 Å². The predicted octanol–water partition coefficient (Wildman–Crippen LogP) is 1.55. The van der Waals surface area contributed by atoms with E-state index in [1.807, 2.05) is 17.5 Å². The molecule has 90 valence electrons. The third-order valence-electron chi connectivity index (χ3n) is 2.93. The maximum atomic E-state index is 11.8. The van der Waals surface area contributed by atoms with Crippen LogP contribution in [-0.2, 0) is 19.1 Å². The zero-order chi connectivity index (χ0) is 12.4. The normalized spacial score (nSPS) is 24.8. The average molecular weight is 252 g/mol. The number of thiophene rings is 1. The average Bonchev–Trinajstić information content (AvgIpc) is 2.80. The second kappa shape index (κ2) is 4.79. The molecule has 1 aromatic heterocycles. The van der Waals surface area contributed by atoms with Crippen LogP contribution in [0.3, 0.4) is 0 Å². The van der Waals surface area contributed by atoms with E-state index >= 15 is 0 Å². The molecule has 2 rings (SSSR count). The van der Waals surface area contributed by atoms with Gasteiger partial charge >= 0.3 is 5.97 Å². The number of carbonyl (C=O) groups is 3. The van der Waals surface area contributed by atoms with Crippen LogP contribution in [0.4, 0.5) is 0 Å². The molecule has 0 aromatic carbocycles. The van der Waals surface area contributed by atoms with Gasteiger partial charge in [0, 0.05) is 17.2 Å². The van der Waals surface area contributed by atoms with Crippen molar-refractivity contribution in [2.75, 3.05) is 7.11 Å². The zero-order valence-corrected chi connectivity index (χ0v) is 10.2. The maximum Gasteiger partial charge on any atom is 0.316 e. The van der Waals surface area contributed by atoms with Gasteiger partial charge in [-0.1, -0.05) is 6.07 Å². The lowest BCUT2D eigenvalue weighted by Crippen LogP contribution is -2.37. The van der Waals surface area contributed by atoms with Crippen molar-refractivity contribution in [3.63, 3.8) is 0 Å². The molecule has 0 amide bonds. The van der Waals surface area contributed by atoms with E-state index in [1.54, 1.807) is 0 Å². The predicted molar refractivity (Wildman–Crippen MR) is 61.8 cm³/mol. The second-order valence-corrected chi connectivity index (χ2v) is 4.99. The van der Waals surface area contributed by atoms with E-state index in [0.29, 0.717) is 0 Å². The Morgan fingerprint density at radius 2 is 2.24 bits per heavy atom. The molecule has 1 fully saturated rings. The minimum absolute atomic E-state index is 0.103. The molecule has 0 aliphatic heterocycles. The van der Waals surface area contributed by atoms with Crippen LogP contribution in [0.5, 0.6) is 0 Å². The summed E-state index contributed by atoms with van der Waals surface area (Å²) in [5.41, 5.74) is 0. The summed E-state index contributed by atoms with van der Waals surface area (Å²) in [5.74, 6) is -2.14. The SMILES string of the molecule is COC(=O)[C@@H]1C(=O)CC(=O)C[C@H]1c1cccs1. The third-order valence-corrected chi connectivity index (χ3v) is 3.94. The van der Waals surface area contributed by atoms with Gasteiger partial charge in [-0.25, -0.2) is 0 Å². The van der Waals surface area contributed by atoms with Gasteiger partial charge in [0.2, 0.25) is 0 Å². The van der Waals surface area contributed by atoms with Gasteiger partial charge in [-0.3, -0.25) is 14.4 Å². The molecule has 1 saturated carbocycles. The smallest absolute Gasteiger partial charge is 0.316 e. The number of methoxy groups -OCH3 is 1.